The summed E-state index contributed by atoms with van der Waals surface area (Å²) < 4.78 is 0.890. The minimum atomic E-state index is -0.423. The molecule has 4 rings (SSSR count). The van der Waals surface area contributed by atoms with Crippen LogP contribution in [-0.4, -0.2) is 60.9 Å². The van der Waals surface area contributed by atoms with Crippen molar-refractivity contribution in [1.29, 1.82) is 0 Å². The number of hydrogen-bond acceptors (Lipinski definition) is 4. The lowest BCUT2D eigenvalue weighted by Crippen LogP contribution is -2.49. The monoisotopic (exact) mass is 686 g/mol. The van der Waals surface area contributed by atoms with Crippen molar-refractivity contribution in [3.8, 4) is 0 Å². The van der Waals surface area contributed by atoms with Crippen molar-refractivity contribution in [3.63, 3.8) is 0 Å². The van der Waals surface area contributed by atoms with Crippen LogP contribution in [0.5, 0.6) is 0 Å². The van der Waals surface area contributed by atoms with Crippen LogP contribution in [0.3, 0.4) is 0 Å². The van der Waals surface area contributed by atoms with Gasteiger partial charge >= 0.3 is 0 Å². The highest BCUT2D eigenvalue weighted by molar-refractivity contribution is 14.1. The molecule has 41 heavy (non-hydrogen) atoms. The minimum absolute atomic E-state index is 0.0326. The Hall–Kier alpha value is -3.15. The number of aliphatic imine (C=N–C) groups is 1. The number of amides is 2. The zero-order valence-electron chi connectivity index (χ0n) is 22.8. The summed E-state index contributed by atoms with van der Waals surface area (Å²) in [5.74, 6) is -0.0799. The Balaban J connectivity index is 1.51. The summed E-state index contributed by atoms with van der Waals surface area (Å²) in [6, 6.07) is 25.3. The average molecular weight is 687 g/mol. The summed E-state index contributed by atoms with van der Waals surface area (Å²) in [7, 11) is 0. The molecule has 0 unspecified atom stereocenters. The van der Waals surface area contributed by atoms with Gasteiger partial charge in [-0.1, -0.05) is 72.3 Å². The van der Waals surface area contributed by atoms with Crippen molar-refractivity contribution in [1.82, 2.24) is 15.5 Å². The van der Waals surface area contributed by atoms with E-state index in [-0.39, 0.29) is 29.7 Å². The van der Waals surface area contributed by atoms with Crippen LogP contribution in [0.4, 0.5) is 0 Å². The Labute approximate surface area is 260 Å². The number of halogens is 2. The predicted octanol–water partition coefficient (Wildman–Crippen LogP) is 4.12. The third-order valence-corrected chi connectivity index (χ3v) is 8.02. The largest absolute Gasteiger partial charge is 0.370 e. The van der Waals surface area contributed by atoms with E-state index in [1.807, 2.05) is 41.3 Å². The molecule has 2 amide bonds. The number of benzene rings is 3. The van der Waals surface area contributed by atoms with Crippen LogP contribution in [0.2, 0.25) is 5.02 Å². The van der Waals surface area contributed by atoms with Gasteiger partial charge in [-0.15, -0.1) is 0 Å². The quantitative estimate of drug-likeness (QED) is 0.105. The van der Waals surface area contributed by atoms with Crippen molar-refractivity contribution < 1.29 is 9.59 Å². The molecular weight excluding hydrogens is 651 g/mol. The third kappa shape index (κ3) is 9.17. The highest BCUT2D eigenvalue weighted by Crippen LogP contribution is 2.27. The molecule has 8 nitrogen and oxygen atoms in total. The van der Waals surface area contributed by atoms with Crippen LogP contribution in [0.25, 0.3) is 0 Å². The number of carbonyl (C=O) groups excluding carboxylic acids is 2. The van der Waals surface area contributed by atoms with E-state index in [9.17, 15) is 9.59 Å². The van der Waals surface area contributed by atoms with E-state index in [1.165, 1.54) is 0 Å². The lowest BCUT2D eigenvalue weighted by Gasteiger charge is -2.29. The summed E-state index contributed by atoms with van der Waals surface area (Å²) in [4.78, 5) is 32.9. The van der Waals surface area contributed by atoms with Crippen LogP contribution in [0.15, 0.2) is 83.9 Å². The molecule has 0 bridgehead atoms. The van der Waals surface area contributed by atoms with Crippen molar-refractivity contribution >= 4 is 52.0 Å². The molecule has 3 aromatic carbocycles. The Kier molecular flexibility index (Phi) is 11.4. The molecule has 0 aromatic heterocycles. The lowest BCUT2D eigenvalue weighted by atomic mass is 9.90. The molecule has 1 fully saturated rings. The van der Waals surface area contributed by atoms with Gasteiger partial charge in [0.15, 0.2) is 5.96 Å². The molecule has 0 saturated carbocycles. The summed E-state index contributed by atoms with van der Waals surface area (Å²) >= 11 is 8.30. The van der Waals surface area contributed by atoms with Gasteiger partial charge in [0.05, 0.1) is 6.04 Å². The first-order valence-electron chi connectivity index (χ1n) is 13.7. The Bertz CT molecular complexity index is 1280. The maximum absolute atomic E-state index is 13.9. The van der Waals surface area contributed by atoms with E-state index >= 15 is 0 Å². The molecule has 0 spiro atoms. The Morgan fingerprint density at radius 2 is 1.73 bits per heavy atom. The molecule has 1 saturated heterocycles. The van der Waals surface area contributed by atoms with Gasteiger partial charge in [-0.05, 0) is 71.2 Å². The minimum Gasteiger partial charge on any atom is -0.370 e. The van der Waals surface area contributed by atoms with Gasteiger partial charge in [0, 0.05) is 52.3 Å². The van der Waals surface area contributed by atoms with Gasteiger partial charge < -0.3 is 27.0 Å². The molecule has 6 N–H and O–H groups in total. The summed E-state index contributed by atoms with van der Waals surface area (Å²) in [6.45, 7) is 1.95. The maximum atomic E-state index is 13.9. The first-order valence-corrected chi connectivity index (χ1v) is 15.2. The van der Waals surface area contributed by atoms with Crippen LogP contribution >= 0.6 is 34.2 Å². The molecule has 216 valence electrons. The topological polar surface area (TPSA) is 126 Å². The molecule has 1 aliphatic heterocycles. The van der Waals surface area contributed by atoms with Crippen LogP contribution < -0.4 is 22.1 Å². The first kappa shape index (κ1) is 30.8. The SMILES string of the molecule is NC(N)=NCCC[C@@H]1N[C@H](CNC(=O)c2cc(Cl)cc(I)c2)CCN(CC(c2ccccc2)c2ccccc2)C1=O. The van der Waals surface area contributed by atoms with Crippen molar-refractivity contribution in [2.45, 2.75) is 37.3 Å². The zero-order chi connectivity index (χ0) is 29.2. The number of carbonyl (C=O) groups is 2. The van der Waals surface area contributed by atoms with Gasteiger partial charge in [0.25, 0.3) is 5.91 Å². The number of nitrogens with one attached hydrogen (secondary N) is 2. The number of hydrogen-bond donors (Lipinski definition) is 4. The van der Waals surface area contributed by atoms with Crippen LogP contribution in [0, 0.1) is 3.57 Å². The second-order valence-electron chi connectivity index (χ2n) is 10.2. The third-order valence-electron chi connectivity index (χ3n) is 7.18. The summed E-state index contributed by atoms with van der Waals surface area (Å²) in [5, 5.41) is 7.07. The Morgan fingerprint density at radius 1 is 1.07 bits per heavy atom. The van der Waals surface area contributed by atoms with Gasteiger partial charge in [-0.2, -0.15) is 0 Å². The van der Waals surface area contributed by atoms with Crippen molar-refractivity contribution in [3.05, 3.63) is 104 Å². The molecule has 0 aliphatic carbocycles. The van der Waals surface area contributed by atoms with E-state index in [0.717, 1.165) is 14.7 Å². The highest BCUT2D eigenvalue weighted by atomic mass is 127. The van der Waals surface area contributed by atoms with Crippen LogP contribution in [-0.2, 0) is 4.79 Å². The van der Waals surface area contributed by atoms with E-state index < -0.39 is 6.04 Å². The number of rotatable bonds is 11. The fraction of sp³-hybridized carbons (Fsp3) is 0.323. The zero-order valence-corrected chi connectivity index (χ0v) is 25.7. The lowest BCUT2D eigenvalue weighted by molar-refractivity contribution is -0.133. The average Bonchev–Trinajstić information content (AvgIpc) is 3.11. The normalized spacial score (nSPS) is 17.2. The molecule has 0 radical (unpaired) electrons. The fourth-order valence-electron chi connectivity index (χ4n) is 5.13. The standard InChI is InChI=1S/C31H36ClIN6O2/c32-24-16-23(17-25(33)18-24)29(40)37-19-26-13-15-39(30(41)28(38-26)12-7-14-36-31(34)35)20-27(21-8-3-1-4-9-21)22-10-5-2-6-11-22/h1-6,8-11,16-18,26-28,38H,7,12-15,19-20H2,(H,37,40)(H4,34,35,36)/t26-,28-/m0/s1. The number of nitrogens with zero attached hydrogens (tertiary/aromatic N) is 2. The first-order chi connectivity index (χ1) is 19.8. The van der Waals surface area contributed by atoms with E-state index in [1.54, 1.807) is 18.2 Å². The van der Waals surface area contributed by atoms with Gasteiger partial charge in [-0.3, -0.25) is 14.6 Å². The van der Waals surface area contributed by atoms with Crippen LogP contribution in [0.1, 0.15) is 46.7 Å². The highest BCUT2D eigenvalue weighted by Gasteiger charge is 2.32. The predicted molar refractivity (Wildman–Crippen MR) is 173 cm³/mol. The molecular formula is C31H36ClIN6O2. The molecule has 2 atom stereocenters. The van der Waals surface area contributed by atoms with Gasteiger partial charge in [0.1, 0.15) is 0 Å². The van der Waals surface area contributed by atoms with Gasteiger partial charge in [0.2, 0.25) is 5.91 Å². The Morgan fingerprint density at radius 3 is 2.34 bits per heavy atom. The molecule has 10 heteroatoms. The second-order valence-corrected chi connectivity index (χ2v) is 11.9. The molecule has 1 heterocycles. The summed E-state index contributed by atoms with van der Waals surface area (Å²) in [6.07, 6.45) is 1.92. The van der Waals surface area contributed by atoms with Crippen molar-refractivity contribution in [2.24, 2.45) is 16.5 Å². The smallest absolute Gasteiger partial charge is 0.251 e. The fourth-order valence-corrected chi connectivity index (χ4v) is 6.22. The van der Waals surface area contributed by atoms with Crippen molar-refractivity contribution in [2.75, 3.05) is 26.2 Å². The van der Waals surface area contributed by atoms with E-state index in [0.29, 0.717) is 56.0 Å². The number of guanidine groups is 1. The van der Waals surface area contributed by atoms with E-state index in [2.05, 4.69) is 62.5 Å². The summed E-state index contributed by atoms with van der Waals surface area (Å²) in [5.41, 5.74) is 13.8. The maximum Gasteiger partial charge on any atom is 0.251 e. The van der Waals surface area contributed by atoms with Gasteiger partial charge in [-0.25, -0.2) is 0 Å². The second kappa shape index (κ2) is 15.2. The van der Waals surface area contributed by atoms with E-state index in [4.69, 9.17) is 23.1 Å². The number of nitrogens with two attached hydrogens (primary N) is 2. The molecule has 1 aliphatic rings. The molecule has 3 aromatic rings.